The fraction of sp³-hybridized carbons (Fsp3) is 0.882. The van der Waals surface area contributed by atoms with E-state index in [1.807, 2.05) is 6.92 Å². The van der Waals surface area contributed by atoms with E-state index in [0.29, 0.717) is 51.7 Å². The topological polar surface area (TPSA) is 64.6 Å². The zero-order valence-electron chi connectivity index (χ0n) is 13.9. The van der Waals surface area contributed by atoms with Crippen LogP contribution in [0, 0.1) is 0 Å². The van der Waals surface area contributed by atoms with Crippen LogP contribution < -0.4 is 5.32 Å². The van der Waals surface area contributed by atoms with Gasteiger partial charge in [0.25, 0.3) is 0 Å². The number of nitrogens with one attached hydrogen (secondary N) is 1. The van der Waals surface area contributed by atoms with E-state index < -0.39 is 0 Å². The van der Waals surface area contributed by atoms with Gasteiger partial charge in [0.05, 0.1) is 19.3 Å². The minimum atomic E-state index is 0.0421. The van der Waals surface area contributed by atoms with Crippen molar-refractivity contribution in [3.8, 4) is 0 Å². The lowest BCUT2D eigenvalue weighted by Crippen LogP contribution is -2.27. The van der Waals surface area contributed by atoms with Gasteiger partial charge in [0, 0.05) is 32.4 Å². The van der Waals surface area contributed by atoms with Gasteiger partial charge >= 0.3 is 0 Å². The highest BCUT2D eigenvalue weighted by atomic mass is 16.5. The highest BCUT2D eigenvalue weighted by molar-refractivity contribution is 5.78. The van der Waals surface area contributed by atoms with Crippen molar-refractivity contribution in [3.05, 3.63) is 0 Å². The van der Waals surface area contributed by atoms with Crippen LogP contribution in [0.4, 0.5) is 0 Å². The quantitative estimate of drug-likeness (QED) is 0.563. The van der Waals surface area contributed by atoms with E-state index in [1.165, 1.54) is 32.1 Å². The Kier molecular flexibility index (Phi) is 10.9. The predicted molar refractivity (Wildman–Crippen MR) is 85.8 cm³/mol. The Balaban J connectivity index is 1.85. The third-order valence-corrected chi connectivity index (χ3v) is 3.94. The molecule has 0 unspecified atom stereocenters. The van der Waals surface area contributed by atoms with Crippen molar-refractivity contribution in [2.75, 3.05) is 26.4 Å². The number of hydrogen-bond acceptors (Lipinski definition) is 4. The van der Waals surface area contributed by atoms with E-state index in [9.17, 15) is 9.59 Å². The van der Waals surface area contributed by atoms with Gasteiger partial charge in [-0.3, -0.25) is 9.59 Å². The summed E-state index contributed by atoms with van der Waals surface area (Å²) in [6.45, 7) is 3.93. The second-order valence-corrected chi connectivity index (χ2v) is 5.84. The van der Waals surface area contributed by atoms with Gasteiger partial charge in [-0.25, -0.2) is 0 Å². The molecule has 0 spiro atoms. The van der Waals surface area contributed by atoms with E-state index in [4.69, 9.17) is 9.47 Å². The lowest BCUT2D eigenvalue weighted by atomic mass is 9.98. The summed E-state index contributed by atoms with van der Waals surface area (Å²) in [5.41, 5.74) is 0. The van der Waals surface area contributed by atoms with Gasteiger partial charge in [-0.1, -0.05) is 26.2 Å². The molecule has 1 amide bonds. The van der Waals surface area contributed by atoms with Crippen molar-refractivity contribution in [1.82, 2.24) is 5.32 Å². The molecule has 1 saturated carbocycles. The maximum Gasteiger partial charge on any atom is 0.220 e. The van der Waals surface area contributed by atoms with Gasteiger partial charge in [0.1, 0.15) is 5.78 Å². The van der Waals surface area contributed by atoms with Crippen molar-refractivity contribution in [2.24, 2.45) is 0 Å². The first kappa shape index (κ1) is 19.1. The van der Waals surface area contributed by atoms with Gasteiger partial charge in [0.2, 0.25) is 5.91 Å². The normalized spacial score (nSPS) is 15.7. The molecule has 5 nitrogen and oxygen atoms in total. The fourth-order valence-electron chi connectivity index (χ4n) is 2.53. The zero-order chi connectivity index (χ0) is 16.0. The maximum absolute atomic E-state index is 11.6. The van der Waals surface area contributed by atoms with E-state index in [-0.39, 0.29) is 11.7 Å². The highest BCUT2D eigenvalue weighted by Gasteiger charge is 2.13. The monoisotopic (exact) mass is 313 g/mol. The van der Waals surface area contributed by atoms with Crippen LogP contribution in [-0.2, 0) is 19.1 Å². The second-order valence-electron chi connectivity index (χ2n) is 5.84. The van der Waals surface area contributed by atoms with Crippen molar-refractivity contribution < 1.29 is 19.1 Å². The number of rotatable bonds is 12. The van der Waals surface area contributed by atoms with Crippen LogP contribution in [0.1, 0.15) is 64.7 Å². The first-order valence-electron chi connectivity index (χ1n) is 8.70. The molecule has 0 aromatic heterocycles. The lowest BCUT2D eigenvalue weighted by molar-refractivity contribution is -0.122. The molecule has 1 aliphatic rings. The Morgan fingerprint density at radius 2 is 1.82 bits per heavy atom. The molecule has 128 valence electrons. The Labute approximate surface area is 134 Å². The van der Waals surface area contributed by atoms with E-state index >= 15 is 0 Å². The molecular weight excluding hydrogens is 282 g/mol. The Bertz CT molecular complexity index is 314. The molecule has 5 heteroatoms. The van der Waals surface area contributed by atoms with Crippen LogP contribution in [0.2, 0.25) is 0 Å². The summed E-state index contributed by atoms with van der Waals surface area (Å²) in [5.74, 6) is 0.252. The number of amides is 1. The van der Waals surface area contributed by atoms with E-state index in [2.05, 4.69) is 5.32 Å². The molecule has 0 bridgehead atoms. The molecule has 0 aromatic rings. The average Bonchev–Trinajstić information content (AvgIpc) is 2.55. The molecular formula is C17H31NO4. The summed E-state index contributed by atoms with van der Waals surface area (Å²) in [7, 11) is 0. The van der Waals surface area contributed by atoms with Crippen LogP contribution in [-0.4, -0.2) is 44.2 Å². The molecule has 1 aliphatic carbocycles. The van der Waals surface area contributed by atoms with Crippen LogP contribution in [0.3, 0.4) is 0 Å². The summed E-state index contributed by atoms with van der Waals surface area (Å²) in [6, 6.07) is 0. The van der Waals surface area contributed by atoms with Crippen LogP contribution >= 0.6 is 0 Å². The highest BCUT2D eigenvalue weighted by Crippen LogP contribution is 2.20. The minimum Gasteiger partial charge on any atom is -0.379 e. The minimum absolute atomic E-state index is 0.0421. The molecule has 1 rings (SSSR count). The summed E-state index contributed by atoms with van der Waals surface area (Å²) in [6.07, 6.45) is 8.92. The van der Waals surface area contributed by atoms with Gasteiger partial charge in [-0.15, -0.1) is 0 Å². The summed E-state index contributed by atoms with van der Waals surface area (Å²) >= 11 is 0. The van der Waals surface area contributed by atoms with E-state index in [0.717, 1.165) is 6.42 Å². The first-order chi connectivity index (χ1) is 10.7. The first-order valence-corrected chi connectivity index (χ1v) is 8.70. The Morgan fingerprint density at radius 3 is 2.55 bits per heavy atom. The molecule has 0 saturated heterocycles. The number of hydrogen-bond donors (Lipinski definition) is 1. The van der Waals surface area contributed by atoms with Crippen LogP contribution in [0.5, 0.6) is 0 Å². The van der Waals surface area contributed by atoms with E-state index in [1.54, 1.807) is 0 Å². The Morgan fingerprint density at radius 1 is 1.05 bits per heavy atom. The van der Waals surface area contributed by atoms with Crippen molar-refractivity contribution in [3.63, 3.8) is 0 Å². The molecule has 0 heterocycles. The SMILES string of the molecule is CCC(=O)CCOCCNC(=O)CCCOC1CCCCC1. The van der Waals surface area contributed by atoms with Gasteiger partial charge in [-0.05, 0) is 19.3 Å². The standard InChI is InChI=1S/C17H31NO4/c1-2-15(19)10-13-21-14-11-18-17(20)9-6-12-22-16-7-4-3-5-8-16/h16H,2-14H2,1H3,(H,18,20). The second kappa shape index (κ2) is 12.6. The maximum atomic E-state index is 11.6. The summed E-state index contributed by atoms with van der Waals surface area (Å²) in [4.78, 5) is 22.7. The molecule has 0 aliphatic heterocycles. The number of Topliss-reactive ketones (excluding diaryl/α,β-unsaturated/α-hetero) is 1. The van der Waals surface area contributed by atoms with Gasteiger partial charge in [-0.2, -0.15) is 0 Å². The molecule has 22 heavy (non-hydrogen) atoms. The fourth-order valence-corrected chi connectivity index (χ4v) is 2.53. The number of ketones is 1. The predicted octanol–water partition coefficient (Wildman–Crippen LogP) is 2.62. The van der Waals surface area contributed by atoms with Crippen molar-refractivity contribution in [2.45, 2.75) is 70.8 Å². The number of carbonyl (C=O) groups is 2. The molecule has 1 fully saturated rings. The smallest absolute Gasteiger partial charge is 0.220 e. The average molecular weight is 313 g/mol. The van der Waals surface area contributed by atoms with Crippen LogP contribution in [0.25, 0.3) is 0 Å². The third-order valence-electron chi connectivity index (χ3n) is 3.94. The largest absolute Gasteiger partial charge is 0.379 e. The zero-order valence-corrected chi connectivity index (χ0v) is 13.9. The molecule has 1 N–H and O–H groups in total. The number of ether oxygens (including phenoxy) is 2. The van der Waals surface area contributed by atoms with Gasteiger partial charge < -0.3 is 14.8 Å². The third kappa shape index (κ3) is 9.90. The number of carbonyl (C=O) groups excluding carboxylic acids is 2. The molecule has 0 aromatic carbocycles. The van der Waals surface area contributed by atoms with Crippen LogP contribution in [0.15, 0.2) is 0 Å². The summed E-state index contributed by atoms with van der Waals surface area (Å²) < 4.78 is 11.1. The van der Waals surface area contributed by atoms with Gasteiger partial charge in [0.15, 0.2) is 0 Å². The van der Waals surface area contributed by atoms with Crippen molar-refractivity contribution in [1.29, 1.82) is 0 Å². The molecule has 0 atom stereocenters. The lowest BCUT2D eigenvalue weighted by Gasteiger charge is -2.21. The Hall–Kier alpha value is -0.940. The van der Waals surface area contributed by atoms with Crippen molar-refractivity contribution >= 4 is 11.7 Å². The molecule has 0 radical (unpaired) electrons. The summed E-state index contributed by atoms with van der Waals surface area (Å²) in [5, 5.41) is 2.82.